The minimum absolute atomic E-state index is 0.280. The molecule has 0 aromatic carbocycles. The molecule has 10 heteroatoms. The molecule has 0 saturated carbocycles. The average molecular weight is 513 g/mol. The Hall–Kier alpha value is -2.20. The molecule has 10 nitrogen and oxygen atoms in total. The predicted molar refractivity (Wildman–Crippen MR) is 132 cm³/mol. The fraction of sp³-hybridized carbons (Fsp3) is 0.846. The number of ether oxygens (including phenoxy) is 2. The van der Waals surface area contributed by atoms with Gasteiger partial charge in [0, 0.05) is 47.8 Å². The summed E-state index contributed by atoms with van der Waals surface area (Å²) >= 11 is 0. The lowest BCUT2D eigenvalue weighted by Gasteiger charge is -2.47. The number of carboxylic acid groups (broad SMARTS) is 2. The zero-order valence-corrected chi connectivity index (χ0v) is 23.1. The second-order valence-corrected chi connectivity index (χ2v) is 13.1. The van der Waals surface area contributed by atoms with Crippen LogP contribution in [-0.4, -0.2) is 68.5 Å². The number of carboxylic acids is 2. The third-order valence-corrected chi connectivity index (χ3v) is 7.06. The van der Waals surface area contributed by atoms with Crippen LogP contribution in [-0.2, 0) is 28.7 Å². The lowest BCUT2D eigenvalue weighted by atomic mass is 9.73. The van der Waals surface area contributed by atoms with Gasteiger partial charge in [0.2, 0.25) is 0 Å². The lowest BCUT2D eigenvalue weighted by molar-refractivity contribution is -0.198. The zero-order valence-electron chi connectivity index (χ0n) is 23.1. The minimum Gasteiger partial charge on any atom is -0.481 e. The van der Waals surface area contributed by atoms with Crippen LogP contribution in [0.5, 0.6) is 0 Å². The maximum Gasteiger partial charge on any atom is 0.336 e. The highest BCUT2D eigenvalue weighted by molar-refractivity contribution is 6.20. The van der Waals surface area contributed by atoms with Crippen molar-refractivity contribution in [1.82, 2.24) is 10.6 Å². The first kappa shape index (κ1) is 30.0. The Labute approximate surface area is 213 Å². The molecule has 4 N–H and O–H groups in total. The van der Waals surface area contributed by atoms with Crippen LogP contribution in [0.4, 0.5) is 0 Å². The third-order valence-electron chi connectivity index (χ3n) is 7.06. The molecule has 2 aliphatic heterocycles. The van der Waals surface area contributed by atoms with Crippen molar-refractivity contribution < 1.29 is 38.9 Å². The van der Waals surface area contributed by atoms with Crippen LogP contribution < -0.4 is 10.6 Å². The summed E-state index contributed by atoms with van der Waals surface area (Å²) in [5.74, 6) is -8.10. The van der Waals surface area contributed by atoms with Gasteiger partial charge < -0.3 is 30.3 Å². The molecule has 2 aliphatic rings. The Morgan fingerprint density at radius 1 is 0.750 bits per heavy atom. The van der Waals surface area contributed by atoms with Crippen LogP contribution in [0.2, 0.25) is 0 Å². The van der Waals surface area contributed by atoms with Gasteiger partial charge in [-0.05, 0) is 61.8 Å². The summed E-state index contributed by atoms with van der Waals surface area (Å²) in [5.41, 5.74) is -4.74. The number of hydrogen-bond acceptors (Lipinski definition) is 8. The van der Waals surface area contributed by atoms with E-state index in [9.17, 15) is 29.4 Å². The molecule has 0 aromatic rings. The molecule has 1 atom stereocenters. The van der Waals surface area contributed by atoms with Crippen LogP contribution in [0.1, 0.15) is 94.4 Å². The molecule has 2 rings (SSSR count). The van der Waals surface area contributed by atoms with Gasteiger partial charge in [-0.15, -0.1) is 0 Å². The van der Waals surface area contributed by atoms with Gasteiger partial charge in [-0.2, -0.15) is 0 Å². The van der Waals surface area contributed by atoms with E-state index in [1.165, 1.54) is 6.92 Å². The number of aliphatic carboxylic acids is 2. The van der Waals surface area contributed by atoms with Crippen LogP contribution in [0, 0.1) is 11.3 Å². The monoisotopic (exact) mass is 512 g/mol. The van der Waals surface area contributed by atoms with E-state index in [2.05, 4.69) is 10.6 Å². The fourth-order valence-corrected chi connectivity index (χ4v) is 6.47. The molecule has 1 unspecified atom stereocenters. The molecule has 2 heterocycles. The van der Waals surface area contributed by atoms with Crippen molar-refractivity contribution in [1.29, 1.82) is 0 Å². The van der Waals surface area contributed by atoms with E-state index in [1.54, 1.807) is 0 Å². The van der Waals surface area contributed by atoms with E-state index in [0.29, 0.717) is 25.7 Å². The van der Waals surface area contributed by atoms with Gasteiger partial charge in [0.15, 0.2) is 0 Å². The molecular weight excluding hydrogens is 468 g/mol. The van der Waals surface area contributed by atoms with E-state index in [0.717, 1.165) is 0 Å². The highest BCUT2D eigenvalue weighted by Crippen LogP contribution is 2.40. The molecule has 206 valence electrons. The molecule has 0 spiro atoms. The Morgan fingerprint density at radius 2 is 1.06 bits per heavy atom. The van der Waals surface area contributed by atoms with E-state index in [4.69, 9.17) is 9.47 Å². The number of hydrogen-bond donors (Lipinski definition) is 4. The first-order valence-electron chi connectivity index (χ1n) is 12.6. The Kier molecular flexibility index (Phi) is 8.28. The van der Waals surface area contributed by atoms with Crippen molar-refractivity contribution in [3.63, 3.8) is 0 Å². The first-order chi connectivity index (χ1) is 16.2. The molecular formula is C26H44N2O8. The standard InChI is InChI=1S/C26H44N2O8/c1-10-17(18(29)30)26(19(31)32,20(33)35-15-11-22(2,3)27-23(4,5)12-15)21(34)36-16-13-24(6,7)28-25(8,9)14-16/h15-17,27-28H,10-14H2,1-9H3,(H,29,30)(H,31,32). The average Bonchev–Trinajstić information content (AvgIpc) is 2.59. The number of piperidine rings is 2. The number of carbonyl (C=O) groups is 4. The second kappa shape index (κ2) is 9.93. The summed E-state index contributed by atoms with van der Waals surface area (Å²) in [4.78, 5) is 52.2. The van der Waals surface area contributed by atoms with Crippen molar-refractivity contribution in [2.24, 2.45) is 11.3 Å². The molecule has 0 aliphatic carbocycles. The fourth-order valence-electron chi connectivity index (χ4n) is 6.47. The van der Waals surface area contributed by atoms with Gasteiger partial charge >= 0.3 is 23.9 Å². The molecule has 2 fully saturated rings. The second-order valence-electron chi connectivity index (χ2n) is 13.1. The SMILES string of the molecule is CCC(C(=O)O)C(C(=O)O)(C(=O)OC1CC(C)(C)NC(C)(C)C1)C(=O)OC1CC(C)(C)NC(C)(C)C1. The normalized spacial score (nSPS) is 24.4. The maximum atomic E-state index is 13.6. The Balaban J connectivity index is 2.48. The summed E-state index contributed by atoms with van der Waals surface area (Å²) < 4.78 is 11.4. The summed E-state index contributed by atoms with van der Waals surface area (Å²) in [5, 5.41) is 27.1. The largest absolute Gasteiger partial charge is 0.481 e. The van der Waals surface area contributed by atoms with Gasteiger partial charge in [0.1, 0.15) is 12.2 Å². The van der Waals surface area contributed by atoms with Crippen molar-refractivity contribution in [3.05, 3.63) is 0 Å². The number of carbonyl (C=O) groups excluding carboxylic acids is 2. The predicted octanol–water partition coefficient (Wildman–Crippen LogP) is 2.87. The van der Waals surface area contributed by atoms with E-state index in [-0.39, 0.29) is 6.42 Å². The van der Waals surface area contributed by atoms with Crippen molar-refractivity contribution in [2.75, 3.05) is 0 Å². The van der Waals surface area contributed by atoms with Gasteiger partial charge in [-0.3, -0.25) is 19.2 Å². The van der Waals surface area contributed by atoms with Gasteiger partial charge in [0.25, 0.3) is 5.41 Å². The molecule has 2 saturated heterocycles. The molecule has 0 amide bonds. The van der Waals surface area contributed by atoms with Crippen LogP contribution >= 0.6 is 0 Å². The molecule has 0 radical (unpaired) electrons. The van der Waals surface area contributed by atoms with Gasteiger partial charge in [-0.25, -0.2) is 0 Å². The summed E-state index contributed by atoms with van der Waals surface area (Å²) in [6.45, 7) is 16.9. The Bertz CT molecular complexity index is 808. The van der Waals surface area contributed by atoms with Crippen molar-refractivity contribution in [2.45, 2.75) is 129 Å². The molecule has 36 heavy (non-hydrogen) atoms. The van der Waals surface area contributed by atoms with E-state index >= 15 is 0 Å². The lowest BCUT2D eigenvalue weighted by Crippen LogP contribution is -2.62. The van der Waals surface area contributed by atoms with Gasteiger partial charge in [0.05, 0.1) is 5.92 Å². The first-order valence-corrected chi connectivity index (χ1v) is 12.6. The quantitative estimate of drug-likeness (QED) is 0.282. The summed E-state index contributed by atoms with van der Waals surface area (Å²) in [6, 6.07) is 0. The molecule has 0 aromatic heterocycles. The van der Waals surface area contributed by atoms with Crippen LogP contribution in [0.15, 0.2) is 0 Å². The minimum atomic E-state index is -3.03. The van der Waals surface area contributed by atoms with Crippen LogP contribution in [0.3, 0.4) is 0 Å². The maximum absolute atomic E-state index is 13.6. The third kappa shape index (κ3) is 6.56. The topological polar surface area (TPSA) is 151 Å². The summed E-state index contributed by atoms with van der Waals surface area (Å²) in [7, 11) is 0. The van der Waals surface area contributed by atoms with Gasteiger partial charge in [-0.1, -0.05) is 6.92 Å². The number of nitrogens with one attached hydrogen (secondary N) is 2. The van der Waals surface area contributed by atoms with Crippen molar-refractivity contribution in [3.8, 4) is 0 Å². The van der Waals surface area contributed by atoms with E-state index < -0.39 is 69.6 Å². The highest BCUT2D eigenvalue weighted by atomic mass is 16.6. The number of rotatable bonds is 8. The highest BCUT2D eigenvalue weighted by Gasteiger charge is 2.65. The zero-order chi connectivity index (χ0) is 27.9. The van der Waals surface area contributed by atoms with Crippen molar-refractivity contribution >= 4 is 23.9 Å². The van der Waals surface area contributed by atoms with E-state index in [1.807, 2.05) is 55.4 Å². The molecule has 0 bridgehead atoms. The number of esters is 2. The van der Waals surface area contributed by atoms with Crippen LogP contribution in [0.25, 0.3) is 0 Å². The smallest absolute Gasteiger partial charge is 0.336 e. The summed E-state index contributed by atoms with van der Waals surface area (Å²) in [6.07, 6.45) is -0.225. The Morgan fingerprint density at radius 3 is 1.28 bits per heavy atom.